The van der Waals surface area contributed by atoms with E-state index >= 15 is 0 Å². The van der Waals surface area contributed by atoms with Gasteiger partial charge in [-0.1, -0.05) is 12.0 Å². The Hall–Kier alpha value is -3.47. The van der Waals surface area contributed by atoms with Gasteiger partial charge in [-0.25, -0.2) is 13.8 Å². The molecule has 0 radical (unpaired) electrons. The fourth-order valence-electron chi connectivity index (χ4n) is 2.56. The summed E-state index contributed by atoms with van der Waals surface area (Å²) in [5.74, 6) is -2.14. The molecule has 1 amide bonds. The molecule has 0 unspecified atom stereocenters. The standard InChI is InChI=1S/C18H17F2N5O4/c1-3-14-23-24-18(29-14)22-16(26)13-9-21-15(25(17(13)27)4-5-28-2)10-6-11(19)8-12(20)7-10/h6-9H,3-5H2,1-2H3,(H,22,24,26). The van der Waals surface area contributed by atoms with E-state index in [4.69, 9.17) is 9.15 Å². The molecule has 2 heterocycles. The van der Waals surface area contributed by atoms with E-state index in [0.29, 0.717) is 18.4 Å². The zero-order valence-electron chi connectivity index (χ0n) is 15.6. The predicted molar refractivity (Wildman–Crippen MR) is 97.4 cm³/mol. The molecule has 0 fully saturated rings. The molecule has 29 heavy (non-hydrogen) atoms. The summed E-state index contributed by atoms with van der Waals surface area (Å²) in [5, 5.41) is 9.70. The smallest absolute Gasteiger partial charge is 0.322 e. The Morgan fingerprint density at radius 1 is 1.24 bits per heavy atom. The molecule has 3 rings (SSSR count). The van der Waals surface area contributed by atoms with Crippen LogP contribution in [0, 0.1) is 11.6 Å². The van der Waals surface area contributed by atoms with Crippen molar-refractivity contribution in [3.05, 3.63) is 57.8 Å². The van der Waals surface area contributed by atoms with Crippen LogP contribution in [0.1, 0.15) is 23.2 Å². The van der Waals surface area contributed by atoms with E-state index in [9.17, 15) is 18.4 Å². The molecule has 0 aliphatic heterocycles. The highest BCUT2D eigenvalue weighted by Crippen LogP contribution is 2.19. The molecule has 2 aromatic heterocycles. The van der Waals surface area contributed by atoms with Crippen LogP contribution in [0.5, 0.6) is 0 Å². The summed E-state index contributed by atoms with van der Waals surface area (Å²) >= 11 is 0. The first-order chi connectivity index (χ1) is 13.9. The third-order valence-electron chi connectivity index (χ3n) is 3.92. The van der Waals surface area contributed by atoms with Crippen LogP contribution in [0.3, 0.4) is 0 Å². The summed E-state index contributed by atoms with van der Waals surface area (Å²) < 4.78 is 38.5. The van der Waals surface area contributed by atoms with Gasteiger partial charge in [0.15, 0.2) is 0 Å². The van der Waals surface area contributed by atoms with Crippen LogP contribution in [0.4, 0.5) is 14.8 Å². The highest BCUT2D eigenvalue weighted by molar-refractivity contribution is 6.02. The van der Waals surface area contributed by atoms with Gasteiger partial charge in [0, 0.05) is 31.4 Å². The van der Waals surface area contributed by atoms with E-state index in [1.165, 1.54) is 7.11 Å². The minimum absolute atomic E-state index is 0.00643. The maximum atomic E-state index is 13.6. The quantitative estimate of drug-likeness (QED) is 0.640. The topological polar surface area (TPSA) is 112 Å². The van der Waals surface area contributed by atoms with E-state index in [2.05, 4.69) is 20.5 Å². The van der Waals surface area contributed by atoms with Gasteiger partial charge in [-0.2, -0.15) is 0 Å². The molecule has 0 saturated heterocycles. The number of halogens is 2. The summed E-state index contributed by atoms with van der Waals surface area (Å²) in [5.41, 5.74) is -0.977. The zero-order chi connectivity index (χ0) is 21.0. The molecule has 11 heteroatoms. The van der Waals surface area contributed by atoms with Gasteiger partial charge in [0.05, 0.1) is 13.2 Å². The number of nitrogens with one attached hydrogen (secondary N) is 1. The average Bonchev–Trinajstić information content (AvgIpc) is 3.13. The number of aromatic nitrogens is 4. The lowest BCUT2D eigenvalue weighted by Gasteiger charge is -2.13. The minimum atomic E-state index is -0.822. The van der Waals surface area contributed by atoms with Gasteiger partial charge in [0.2, 0.25) is 5.89 Å². The summed E-state index contributed by atoms with van der Waals surface area (Å²) in [7, 11) is 1.43. The molecule has 0 bridgehead atoms. The zero-order valence-corrected chi connectivity index (χ0v) is 15.6. The summed E-state index contributed by atoms with van der Waals surface area (Å²) in [6.07, 6.45) is 1.50. The largest absolute Gasteiger partial charge is 0.408 e. The molecule has 152 valence electrons. The maximum Gasteiger partial charge on any atom is 0.322 e. The number of rotatable bonds is 7. The van der Waals surface area contributed by atoms with E-state index in [-0.39, 0.29) is 36.1 Å². The van der Waals surface area contributed by atoms with Crippen LogP contribution in [0.2, 0.25) is 0 Å². The van der Waals surface area contributed by atoms with E-state index in [1.807, 2.05) is 0 Å². The van der Waals surface area contributed by atoms with Crippen LogP contribution in [0.15, 0.2) is 33.6 Å². The summed E-state index contributed by atoms with van der Waals surface area (Å²) in [6.45, 7) is 1.92. The number of nitrogens with zero attached hydrogens (tertiary/aromatic N) is 4. The second-order valence-electron chi connectivity index (χ2n) is 5.91. The number of hydrogen-bond donors (Lipinski definition) is 1. The Bertz CT molecular complexity index is 1080. The normalized spacial score (nSPS) is 10.9. The van der Waals surface area contributed by atoms with Crippen molar-refractivity contribution in [2.24, 2.45) is 0 Å². The first-order valence-electron chi connectivity index (χ1n) is 8.62. The van der Waals surface area contributed by atoms with Crippen molar-refractivity contribution in [1.82, 2.24) is 19.7 Å². The number of hydrogen-bond acceptors (Lipinski definition) is 7. The monoisotopic (exact) mass is 405 g/mol. The first-order valence-corrected chi connectivity index (χ1v) is 8.62. The van der Waals surface area contributed by atoms with Gasteiger partial charge in [-0.3, -0.25) is 19.5 Å². The minimum Gasteiger partial charge on any atom is -0.408 e. The highest BCUT2D eigenvalue weighted by atomic mass is 19.1. The van der Waals surface area contributed by atoms with Gasteiger partial charge in [0.25, 0.3) is 11.5 Å². The van der Waals surface area contributed by atoms with Crippen molar-refractivity contribution < 1.29 is 22.7 Å². The fraction of sp³-hybridized carbons (Fsp3) is 0.278. The van der Waals surface area contributed by atoms with Crippen molar-refractivity contribution in [3.63, 3.8) is 0 Å². The molecule has 1 N–H and O–H groups in total. The van der Waals surface area contributed by atoms with Crippen LogP contribution < -0.4 is 10.9 Å². The number of benzene rings is 1. The van der Waals surface area contributed by atoms with Crippen molar-refractivity contribution >= 4 is 11.9 Å². The maximum absolute atomic E-state index is 13.6. The lowest BCUT2D eigenvalue weighted by Crippen LogP contribution is -2.32. The lowest BCUT2D eigenvalue weighted by molar-refractivity contribution is 0.102. The number of methoxy groups -OCH3 is 1. The van der Waals surface area contributed by atoms with Crippen LogP contribution in [0.25, 0.3) is 11.4 Å². The Balaban J connectivity index is 2.01. The van der Waals surface area contributed by atoms with E-state index in [0.717, 1.165) is 22.9 Å². The van der Waals surface area contributed by atoms with Crippen molar-refractivity contribution in [2.75, 3.05) is 19.0 Å². The van der Waals surface area contributed by atoms with Gasteiger partial charge in [-0.05, 0) is 12.1 Å². The molecular weight excluding hydrogens is 388 g/mol. The number of ether oxygens (including phenoxy) is 1. The van der Waals surface area contributed by atoms with E-state index < -0.39 is 23.1 Å². The fourth-order valence-corrected chi connectivity index (χ4v) is 2.56. The van der Waals surface area contributed by atoms with Gasteiger partial charge >= 0.3 is 6.01 Å². The third kappa shape index (κ3) is 4.51. The first kappa shape index (κ1) is 20.3. The Morgan fingerprint density at radius 2 is 1.97 bits per heavy atom. The third-order valence-corrected chi connectivity index (χ3v) is 3.92. The SMILES string of the molecule is CCc1nnc(NC(=O)c2cnc(-c3cc(F)cc(F)c3)n(CCOC)c2=O)o1. The lowest BCUT2D eigenvalue weighted by atomic mass is 10.2. The van der Waals surface area contributed by atoms with Gasteiger partial charge in [0.1, 0.15) is 23.0 Å². The predicted octanol–water partition coefficient (Wildman–Crippen LogP) is 2.03. The van der Waals surface area contributed by atoms with Gasteiger partial charge < -0.3 is 9.15 Å². The van der Waals surface area contributed by atoms with Gasteiger partial charge in [-0.15, -0.1) is 5.10 Å². The Labute approximate surface area is 163 Å². The highest BCUT2D eigenvalue weighted by Gasteiger charge is 2.20. The molecule has 0 atom stereocenters. The van der Waals surface area contributed by atoms with Crippen molar-refractivity contribution in [1.29, 1.82) is 0 Å². The number of amides is 1. The molecule has 3 aromatic rings. The molecule has 0 saturated carbocycles. The van der Waals surface area contributed by atoms with Crippen LogP contribution >= 0.6 is 0 Å². The number of aryl methyl sites for hydroxylation is 1. The second-order valence-corrected chi connectivity index (χ2v) is 5.91. The number of anilines is 1. The Kier molecular flexibility index (Phi) is 6.07. The second kappa shape index (κ2) is 8.69. The molecule has 1 aromatic carbocycles. The molecule has 0 aliphatic rings. The Morgan fingerprint density at radius 3 is 2.59 bits per heavy atom. The van der Waals surface area contributed by atoms with Crippen LogP contribution in [-0.4, -0.2) is 39.4 Å². The van der Waals surface area contributed by atoms with Crippen LogP contribution in [-0.2, 0) is 17.7 Å². The average molecular weight is 405 g/mol. The molecule has 9 nitrogen and oxygen atoms in total. The molecule has 0 aliphatic carbocycles. The van der Waals surface area contributed by atoms with Crippen molar-refractivity contribution in [3.8, 4) is 11.4 Å². The number of carbonyl (C=O) groups excluding carboxylic acids is 1. The molecular formula is C18H17F2N5O4. The van der Waals surface area contributed by atoms with E-state index in [1.54, 1.807) is 6.92 Å². The number of carbonyl (C=O) groups is 1. The summed E-state index contributed by atoms with van der Waals surface area (Å²) in [6, 6.07) is 2.63. The molecule has 0 spiro atoms. The van der Waals surface area contributed by atoms with Crippen molar-refractivity contribution in [2.45, 2.75) is 19.9 Å². The summed E-state index contributed by atoms with van der Waals surface area (Å²) in [4.78, 5) is 29.4.